The minimum Gasteiger partial charge on any atom is -0.296 e. The van der Waals surface area contributed by atoms with Gasteiger partial charge in [-0.05, 0) is 41.5 Å². The first-order chi connectivity index (χ1) is 7.71. The highest BCUT2D eigenvalue weighted by atomic mass is 32.2. The van der Waals surface area contributed by atoms with Crippen molar-refractivity contribution in [2.75, 3.05) is 0 Å². The van der Waals surface area contributed by atoms with E-state index >= 15 is 0 Å². The maximum Gasteiger partial charge on any atom is 0.522 e. The predicted octanol–water partition coefficient (Wildman–Crippen LogP) is 2.91. The lowest BCUT2D eigenvalue weighted by molar-refractivity contribution is -0.0510. The minimum atomic E-state index is -5.84. The molecule has 112 valence electrons. The molecule has 0 bridgehead atoms. The van der Waals surface area contributed by atoms with Crippen LogP contribution in [0.3, 0.4) is 0 Å². The van der Waals surface area contributed by atoms with Gasteiger partial charge in [-0.15, -0.1) is 0 Å². The number of hydrogen-bond acceptors (Lipinski definition) is 3. The Balaban J connectivity index is 0. The van der Waals surface area contributed by atoms with Crippen molar-refractivity contribution >= 4 is 10.1 Å². The molecule has 0 aromatic rings. The summed E-state index contributed by atoms with van der Waals surface area (Å²) in [6, 6.07) is 2.00. The van der Waals surface area contributed by atoms with Crippen LogP contribution in [0, 0.1) is 0 Å². The van der Waals surface area contributed by atoms with Gasteiger partial charge in [-0.2, -0.15) is 21.6 Å². The lowest BCUT2D eigenvalue weighted by Gasteiger charge is -2.34. The average molecular weight is 293 g/mol. The highest BCUT2D eigenvalue weighted by Gasteiger charge is 2.44. The summed E-state index contributed by atoms with van der Waals surface area (Å²) < 4.78 is 57.5. The van der Waals surface area contributed by atoms with Gasteiger partial charge in [0.05, 0.1) is 0 Å². The molecule has 0 aliphatic heterocycles. The molecular formula is C10H22F3NO3S. The molecule has 0 heterocycles. The Morgan fingerprint density at radius 1 is 0.889 bits per heavy atom. The number of nitrogens with zero attached hydrogens (tertiary/aromatic N) is 1. The Morgan fingerprint density at radius 2 is 1.06 bits per heavy atom. The van der Waals surface area contributed by atoms with Crippen LogP contribution in [-0.4, -0.2) is 41.5 Å². The second kappa shape index (κ2) is 7.30. The summed E-state index contributed by atoms with van der Waals surface area (Å²) in [5.41, 5.74) is -5.53. The molecule has 0 unspecified atom stereocenters. The third-order valence-electron chi connectivity index (χ3n) is 2.08. The zero-order chi connectivity index (χ0) is 15.3. The van der Waals surface area contributed by atoms with Crippen LogP contribution >= 0.6 is 0 Å². The van der Waals surface area contributed by atoms with Crippen LogP contribution in [0.1, 0.15) is 41.5 Å². The van der Waals surface area contributed by atoms with E-state index in [4.69, 9.17) is 13.0 Å². The summed E-state index contributed by atoms with van der Waals surface area (Å²) >= 11 is 0. The average Bonchev–Trinajstić information content (AvgIpc) is 1.96. The molecule has 8 heteroatoms. The van der Waals surface area contributed by atoms with Gasteiger partial charge in [0.25, 0.3) is 0 Å². The van der Waals surface area contributed by atoms with Gasteiger partial charge in [0.15, 0.2) is 0 Å². The van der Waals surface area contributed by atoms with E-state index in [1.54, 1.807) is 0 Å². The summed E-state index contributed by atoms with van der Waals surface area (Å²) in [6.45, 7) is 13.5. The molecule has 0 aromatic heterocycles. The predicted molar refractivity (Wildman–Crippen MR) is 64.9 cm³/mol. The zero-order valence-corrected chi connectivity index (χ0v) is 12.3. The Labute approximate surface area is 107 Å². The van der Waals surface area contributed by atoms with Gasteiger partial charge in [-0.25, -0.2) is 0 Å². The lowest BCUT2D eigenvalue weighted by atomic mass is 10.2. The molecule has 1 N–H and O–H groups in total. The Morgan fingerprint density at radius 3 is 1.06 bits per heavy atom. The monoisotopic (exact) mass is 293 g/mol. The molecule has 0 amide bonds. The lowest BCUT2D eigenvalue weighted by Crippen LogP contribution is -2.42. The van der Waals surface area contributed by atoms with E-state index in [1.165, 1.54) is 0 Å². The molecule has 0 aromatic carbocycles. The minimum absolute atomic E-state index is 0.667. The molecule has 0 saturated heterocycles. The van der Waals surface area contributed by atoms with Crippen molar-refractivity contribution in [3.8, 4) is 0 Å². The molecule has 0 rings (SSSR count). The molecular weight excluding hydrogens is 271 g/mol. The summed E-state index contributed by atoms with van der Waals surface area (Å²) in [5.74, 6) is 0. The fraction of sp³-hybridized carbons (Fsp3) is 1.00. The van der Waals surface area contributed by atoms with Gasteiger partial charge in [-0.3, -0.25) is 9.45 Å². The molecule has 0 radical (unpaired) electrons. The number of rotatable bonds is 3. The Hall–Kier alpha value is -0.340. The van der Waals surface area contributed by atoms with Gasteiger partial charge < -0.3 is 0 Å². The van der Waals surface area contributed by atoms with E-state index in [0.717, 1.165) is 0 Å². The smallest absolute Gasteiger partial charge is 0.296 e. The summed E-state index contributed by atoms with van der Waals surface area (Å²) in [5, 5.41) is 0. The third kappa shape index (κ3) is 7.88. The fourth-order valence-electron chi connectivity index (χ4n) is 1.79. The van der Waals surface area contributed by atoms with Gasteiger partial charge in [0, 0.05) is 18.1 Å². The largest absolute Gasteiger partial charge is 0.522 e. The maximum absolute atomic E-state index is 10.7. The van der Waals surface area contributed by atoms with Crippen molar-refractivity contribution in [3.05, 3.63) is 0 Å². The molecule has 0 fully saturated rings. The molecule has 0 aliphatic rings. The summed E-state index contributed by atoms with van der Waals surface area (Å²) in [4.78, 5) is 2.50. The molecule has 0 aliphatic carbocycles. The maximum atomic E-state index is 10.7. The van der Waals surface area contributed by atoms with Crippen molar-refractivity contribution in [2.45, 2.75) is 65.2 Å². The number of hydrogen-bond donors (Lipinski definition) is 1. The standard InChI is InChI=1S/C9H21N.CHF3O3S/c1-7(2)10(8(3)4)9(5)6;2-1(3,4)8(5,6)7/h7-9H,1-6H3;(H,5,6,7). The Kier molecular flexibility index (Phi) is 8.10. The zero-order valence-electron chi connectivity index (χ0n) is 11.5. The van der Waals surface area contributed by atoms with E-state index in [0.29, 0.717) is 18.1 Å². The molecule has 0 spiro atoms. The van der Waals surface area contributed by atoms with Crippen molar-refractivity contribution in [3.63, 3.8) is 0 Å². The van der Waals surface area contributed by atoms with Crippen LogP contribution in [0.5, 0.6) is 0 Å². The van der Waals surface area contributed by atoms with Crippen LogP contribution < -0.4 is 0 Å². The van der Waals surface area contributed by atoms with Crippen LogP contribution in [0.15, 0.2) is 0 Å². The molecule has 18 heavy (non-hydrogen) atoms. The van der Waals surface area contributed by atoms with Crippen LogP contribution in [0.2, 0.25) is 0 Å². The van der Waals surface area contributed by atoms with Gasteiger partial charge >= 0.3 is 15.6 Å². The van der Waals surface area contributed by atoms with Crippen LogP contribution in [-0.2, 0) is 10.1 Å². The van der Waals surface area contributed by atoms with Gasteiger partial charge in [0.2, 0.25) is 0 Å². The first-order valence-electron chi connectivity index (χ1n) is 5.53. The normalized spacial score (nSPS) is 13.2. The van der Waals surface area contributed by atoms with E-state index in [-0.39, 0.29) is 0 Å². The molecule has 4 nitrogen and oxygen atoms in total. The topological polar surface area (TPSA) is 57.6 Å². The number of alkyl halides is 3. The number of halogens is 3. The van der Waals surface area contributed by atoms with E-state index in [1.807, 2.05) is 0 Å². The quantitative estimate of drug-likeness (QED) is 0.642. The summed E-state index contributed by atoms with van der Waals surface area (Å²) in [7, 11) is -5.84. The summed E-state index contributed by atoms with van der Waals surface area (Å²) in [6.07, 6.45) is 0. The highest BCUT2D eigenvalue weighted by Crippen LogP contribution is 2.20. The molecule has 0 saturated carbocycles. The van der Waals surface area contributed by atoms with Gasteiger partial charge in [0.1, 0.15) is 0 Å². The first kappa shape index (κ1) is 20.0. The third-order valence-corrected chi connectivity index (χ3v) is 2.67. The highest BCUT2D eigenvalue weighted by molar-refractivity contribution is 7.86. The van der Waals surface area contributed by atoms with Crippen LogP contribution in [0.25, 0.3) is 0 Å². The van der Waals surface area contributed by atoms with Crippen molar-refractivity contribution < 1.29 is 26.1 Å². The SMILES string of the molecule is CC(C)N(C(C)C)C(C)C.O=S(=O)(O)C(F)(F)F. The van der Waals surface area contributed by atoms with E-state index in [9.17, 15) is 13.2 Å². The Bertz CT molecular complexity index is 305. The van der Waals surface area contributed by atoms with E-state index in [2.05, 4.69) is 46.4 Å². The van der Waals surface area contributed by atoms with Crippen molar-refractivity contribution in [1.29, 1.82) is 0 Å². The van der Waals surface area contributed by atoms with Gasteiger partial charge in [-0.1, -0.05) is 0 Å². The van der Waals surface area contributed by atoms with E-state index < -0.39 is 15.6 Å². The first-order valence-corrected chi connectivity index (χ1v) is 6.97. The fourth-order valence-corrected chi connectivity index (χ4v) is 1.79. The second-order valence-electron chi connectivity index (χ2n) is 4.65. The van der Waals surface area contributed by atoms with Crippen molar-refractivity contribution in [1.82, 2.24) is 4.90 Å². The second-order valence-corrected chi connectivity index (χ2v) is 6.06. The van der Waals surface area contributed by atoms with Crippen LogP contribution in [0.4, 0.5) is 13.2 Å². The van der Waals surface area contributed by atoms with Crippen molar-refractivity contribution in [2.24, 2.45) is 0 Å². The molecule has 0 atom stereocenters.